The molecule has 2 aliphatic rings. The van der Waals surface area contributed by atoms with Crippen LogP contribution in [0.2, 0.25) is 0 Å². The van der Waals surface area contributed by atoms with E-state index < -0.39 is 17.3 Å². The van der Waals surface area contributed by atoms with Crippen molar-refractivity contribution < 1.29 is 22.6 Å². The van der Waals surface area contributed by atoms with E-state index in [-0.39, 0.29) is 23.9 Å². The average molecular weight is 320 g/mol. The van der Waals surface area contributed by atoms with Gasteiger partial charge in [0.05, 0.1) is 5.56 Å². The highest BCUT2D eigenvalue weighted by molar-refractivity contribution is 5.77. The Balaban J connectivity index is 2.08. The van der Waals surface area contributed by atoms with Gasteiger partial charge in [-0.15, -0.1) is 0 Å². The van der Waals surface area contributed by atoms with E-state index in [1.54, 1.807) is 24.3 Å². The van der Waals surface area contributed by atoms with Gasteiger partial charge in [-0.3, -0.25) is 0 Å². The number of nitrogens with two attached hydrogens (primary N) is 1. The fraction of sp³-hybridized carbons (Fsp3) is 0.188. The van der Waals surface area contributed by atoms with Crippen molar-refractivity contribution in [1.82, 2.24) is 0 Å². The van der Waals surface area contributed by atoms with Crippen molar-refractivity contribution in [2.45, 2.75) is 11.7 Å². The Bertz CT molecular complexity index is 832. The van der Waals surface area contributed by atoms with Gasteiger partial charge in [0.15, 0.2) is 5.54 Å². The smallest absolute Gasteiger partial charge is 0.416 e. The molecule has 0 fully saturated rings. The predicted octanol–water partition coefficient (Wildman–Crippen LogP) is 3.40. The zero-order chi connectivity index (χ0) is 16.2. The van der Waals surface area contributed by atoms with Gasteiger partial charge in [-0.25, -0.2) is 4.99 Å². The Morgan fingerprint density at radius 3 is 2.48 bits per heavy atom. The van der Waals surface area contributed by atoms with E-state index in [1.165, 1.54) is 12.1 Å². The molecule has 2 aliphatic heterocycles. The largest absolute Gasteiger partial charge is 0.462 e. The van der Waals surface area contributed by atoms with Gasteiger partial charge in [0, 0.05) is 11.1 Å². The number of nitrogens with zero attached hydrogens (tertiary/aromatic N) is 1. The number of hydrogen-bond acceptors (Lipinski definition) is 4. The lowest BCUT2D eigenvalue weighted by Crippen LogP contribution is -2.33. The van der Waals surface area contributed by atoms with Crippen LogP contribution in [0.15, 0.2) is 47.5 Å². The number of amidine groups is 1. The van der Waals surface area contributed by atoms with Crippen LogP contribution in [0.1, 0.15) is 16.7 Å². The quantitative estimate of drug-likeness (QED) is 0.809. The molecule has 0 radical (unpaired) electrons. The molecule has 0 saturated heterocycles. The monoisotopic (exact) mass is 320 g/mol. The average Bonchev–Trinajstić information content (AvgIpc) is 2.89. The molecule has 0 aliphatic carbocycles. The summed E-state index contributed by atoms with van der Waals surface area (Å²) in [5, 5.41) is 0. The summed E-state index contributed by atoms with van der Waals surface area (Å²) in [6.07, 6.45) is -4.54. The number of benzene rings is 2. The molecule has 1 atom stereocenters. The summed E-state index contributed by atoms with van der Waals surface area (Å²) < 4.78 is 51.4. The SMILES string of the molecule is NC1=NC2(CO1)c1ccccc1Oc1cccc(C(F)(F)F)c12. The maximum absolute atomic E-state index is 13.5. The fourth-order valence-corrected chi connectivity index (χ4v) is 3.13. The number of hydrogen-bond donors (Lipinski definition) is 1. The third kappa shape index (κ3) is 1.89. The van der Waals surface area contributed by atoms with Crippen molar-refractivity contribution in [3.05, 3.63) is 59.2 Å². The molecular formula is C16H11F3N2O2. The molecule has 0 saturated carbocycles. The maximum Gasteiger partial charge on any atom is 0.416 e. The molecule has 0 aromatic heterocycles. The Kier molecular flexibility index (Phi) is 2.67. The molecule has 2 heterocycles. The van der Waals surface area contributed by atoms with Gasteiger partial charge in [0.25, 0.3) is 6.02 Å². The van der Waals surface area contributed by atoms with Crippen molar-refractivity contribution >= 4 is 6.02 Å². The van der Waals surface area contributed by atoms with E-state index in [0.29, 0.717) is 11.3 Å². The van der Waals surface area contributed by atoms with Crippen molar-refractivity contribution in [3.63, 3.8) is 0 Å². The summed E-state index contributed by atoms with van der Waals surface area (Å²) in [5.74, 6) is 0.557. The molecule has 118 valence electrons. The van der Waals surface area contributed by atoms with Gasteiger partial charge in [-0.1, -0.05) is 24.3 Å². The molecule has 4 nitrogen and oxygen atoms in total. The second-order valence-electron chi connectivity index (χ2n) is 5.37. The first-order valence-corrected chi connectivity index (χ1v) is 6.88. The summed E-state index contributed by atoms with van der Waals surface area (Å²) in [4.78, 5) is 4.23. The first-order valence-electron chi connectivity index (χ1n) is 6.88. The van der Waals surface area contributed by atoms with Crippen LogP contribution in [-0.2, 0) is 16.5 Å². The van der Waals surface area contributed by atoms with E-state index in [2.05, 4.69) is 4.99 Å². The zero-order valence-electron chi connectivity index (χ0n) is 11.7. The predicted molar refractivity (Wildman–Crippen MR) is 76.3 cm³/mol. The summed E-state index contributed by atoms with van der Waals surface area (Å²) in [6, 6.07) is 10.5. The lowest BCUT2D eigenvalue weighted by Gasteiger charge is -2.35. The van der Waals surface area contributed by atoms with Crippen molar-refractivity contribution in [2.75, 3.05) is 6.61 Å². The highest BCUT2D eigenvalue weighted by atomic mass is 19.4. The maximum atomic E-state index is 13.5. The van der Waals surface area contributed by atoms with Crippen molar-refractivity contribution in [3.8, 4) is 11.5 Å². The Hall–Kier alpha value is -2.70. The summed E-state index contributed by atoms with van der Waals surface area (Å²) in [5.41, 5.74) is 3.91. The lowest BCUT2D eigenvalue weighted by atomic mass is 9.79. The van der Waals surface area contributed by atoms with Crippen molar-refractivity contribution in [2.24, 2.45) is 10.7 Å². The van der Waals surface area contributed by atoms with E-state index in [0.717, 1.165) is 6.07 Å². The second-order valence-corrected chi connectivity index (χ2v) is 5.37. The number of alkyl halides is 3. The zero-order valence-corrected chi connectivity index (χ0v) is 11.7. The molecule has 23 heavy (non-hydrogen) atoms. The number of halogens is 3. The van der Waals surface area contributed by atoms with E-state index in [4.69, 9.17) is 15.2 Å². The third-order valence-corrected chi connectivity index (χ3v) is 4.03. The normalized spacial score (nSPS) is 22.0. The minimum absolute atomic E-state index is 0.0633. The number of ether oxygens (including phenoxy) is 2. The topological polar surface area (TPSA) is 56.8 Å². The fourth-order valence-electron chi connectivity index (χ4n) is 3.13. The number of rotatable bonds is 0. The minimum Gasteiger partial charge on any atom is -0.462 e. The standard InChI is InChI=1S/C16H11F3N2O2/c17-16(18,19)10-5-3-7-12-13(10)15(8-22-14(20)21-15)9-4-1-2-6-11(9)23-12/h1-7H,8H2,(H2,20,21). The molecule has 1 spiro atoms. The minimum atomic E-state index is -4.54. The summed E-state index contributed by atoms with van der Waals surface area (Å²) >= 11 is 0. The Morgan fingerprint density at radius 2 is 1.78 bits per heavy atom. The van der Waals surface area contributed by atoms with Crippen LogP contribution < -0.4 is 10.5 Å². The second kappa shape index (κ2) is 4.41. The van der Waals surface area contributed by atoms with Crippen LogP contribution in [0.25, 0.3) is 0 Å². The van der Waals surface area contributed by atoms with Gasteiger partial charge in [0.1, 0.15) is 18.1 Å². The lowest BCUT2D eigenvalue weighted by molar-refractivity contribution is -0.138. The van der Waals surface area contributed by atoms with Gasteiger partial charge in [-0.2, -0.15) is 13.2 Å². The molecule has 0 amide bonds. The van der Waals surface area contributed by atoms with Gasteiger partial charge < -0.3 is 15.2 Å². The van der Waals surface area contributed by atoms with Gasteiger partial charge in [-0.05, 0) is 18.2 Å². The highest BCUT2D eigenvalue weighted by Gasteiger charge is 2.51. The number of para-hydroxylation sites is 1. The highest BCUT2D eigenvalue weighted by Crippen LogP contribution is 2.54. The van der Waals surface area contributed by atoms with Crippen LogP contribution in [0.5, 0.6) is 11.5 Å². The summed E-state index contributed by atoms with van der Waals surface area (Å²) in [6.45, 7) is -0.0979. The molecular weight excluding hydrogens is 309 g/mol. The van der Waals surface area contributed by atoms with Crippen molar-refractivity contribution in [1.29, 1.82) is 0 Å². The van der Waals surface area contributed by atoms with E-state index >= 15 is 0 Å². The number of aliphatic imine (C=N–C) groups is 1. The first kappa shape index (κ1) is 13.9. The van der Waals surface area contributed by atoms with E-state index in [1.807, 2.05) is 0 Å². The molecule has 2 aromatic rings. The van der Waals surface area contributed by atoms with Crippen LogP contribution in [0.3, 0.4) is 0 Å². The summed E-state index contributed by atoms with van der Waals surface area (Å²) in [7, 11) is 0. The molecule has 1 unspecified atom stereocenters. The Labute approximate surface area is 129 Å². The van der Waals surface area contributed by atoms with E-state index in [9.17, 15) is 13.2 Å². The first-order chi connectivity index (χ1) is 10.9. The van der Waals surface area contributed by atoms with Crippen LogP contribution in [0, 0.1) is 0 Å². The molecule has 2 aromatic carbocycles. The van der Waals surface area contributed by atoms with Crippen LogP contribution in [0.4, 0.5) is 13.2 Å². The molecule has 2 N–H and O–H groups in total. The Morgan fingerprint density at radius 1 is 1.04 bits per heavy atom. The third-order valence-electron chi connectivity index (χ3n) is 4.03. The molecule has 0 bridgehead atoms. The van der Waals surface area contributed by atoms with Gasteiger partial charge >= 0.3 is 6.18 Å². The molecule has 7 heteroatoms. The van der Waals surface area contributed by atoms with Crippen LogP contribution >= 0.6 is 0 Å². The van der Waals surface area contributed by atoms with Gasteiger partial charge in [0.2, 0.25) is 0 Å². The molecule has 4 rings (SSSR count). The number of fused-ring (bicyclic) bond motifs is 4. The van der Waals surface area contributed by atoms with Crippen LogP contribution in [-0.4, -0.2) is 12.6 Å².